The summed E-state index contributed by atoms with van der Waals surface area (Å²) in [5.41, 5.74) is 6.35. The average Bonchev–Trinajstić information content (AvgIpc) is 3.14. The summed E-state index contributed by atoms with van der Waals surface area (Å²) in [5.74, 6) is 2.34. The molecule has 1 aromatic carbocycles. The first kappa shape index (κ1) is 11.9. The van der Waals surface area contributed by atoms with Crippen molar-refractivity contribution >= 4 is 5.69 Å². The van der Waals surface area contributed by atoms with Crippen molar-refractivity contribution in [1.82, 2.24) is 10.1 Å². The maximum atomic E-state index is 13.9. The van der Waals surface area contributed by atoms with Gasteiger partial charge in [-0.05, 0) is 43.2 Å². The third-order valence-corrected chi connectivity index (χ3v) is 4.77. The van der Waals surface area contributed by atoms with Crippen molar-refractivity contribution in [2.24, 2.45) is 11.8 Å². The van der Waals surface area contributed by atoms with Gasteiger partial charge in [0.1, 0.15) is 5.82 Å². The molecule has 2 saturated carbocycles. The highest BCUT2D eigenvalue weighted by Gasteiger charge is 2.42. The fraction of sp³-hybridized carbons (Fsp3) is 0.467. The number of hydrogen-bond donors (Lipinski definition) is 1. The molecule has 0 amide bonds. The van der Waals surface area contributed by atoms with E-state index in [0.717, 1.165) is 18.2 Å². The van der Waals surface area contributed by atoms with Crippen molar-refractivity contribution in [3.63, 3.8) is 0 Å². The summed E-state index contributed by atoms with van der Waals surface area (Å²) in [6, 6.07) is 4.56. The number of nitrogens with zero attached hydrogens (tertiary/aromatic N) is 2. The van der Waals surface area contributed by atoms with E-state index in [2.05, 4.69) is 10.1 Å². The van der Waals surface area contributed by atoms with Gasteiger partial charge in [0.15, 0.2) is 5.82 Å². The van der Waals surface area contributed by atoms with Crippen LogP contribution in [-0.4, -0.2) is 10.1 Å². The topological polar surface area (TPSA) is 64.9 Å². The molecule has 0 spiro atoms. The first-order valence-electron chi connectivity index (χ1n) is 7.10. The van der Waals surface area contributed by atoms with Crippen molar-refractivity contribution in [3.8, 4) is 11.5 Å². The number of benzene rings is 1. The van der Waals surface area contributed by atoms with E-state index in [4.69, 9.17) is 10.3 Å². The summed E-state index contributed by atoms with van der Waals surface area (Å²) in [5, 5.41) is 4.07. The molecule has 3 unspecified atom stereocenters. The SMILES string of the molecule is Nc1cccc(F)c1-c1nc(C2CC3CCC2C3)no1. The molecule has 1 aromatic heterocycles. The van der Waals surface area contributed by atoms with Crippen LogP contribution in [0.2, 0.25) is 0 Å². The summed E-state index contributed by atoms with van der Waals surface area (Å²) >= 11 is 0. The lowest BCUT2D eigenvalue weighted by Gasteiger charge is -2.17. The molecule has 104 valence electrons. The van der Waals surface area contributed by atoms with Crippen LogP contribution in [0.5, 0.6) is 0 Å². The van der Waals surface area contributed by atoms with Crippen molar-refractivity contribution in [2.75, 3.05) is 5.73 Å². The minimum absolute atomic E-state index is 0.193. The molecular weight excluding hydrogens is 257 g/mol. The Bertz CT molecular complexity index is 634. The maximum Gasteiger partial charge on any atom is 0.263 e. The van der Waals surface area contributed by atoms with Gasteiger partial charge in [0.25, 0.3) is 5.89 Å². The highest BCUT2D eigenvalue weighted by atomic mass is 19.1. The average molecular weight is 273 g/mol. The number of nitrogens with two attached hydrogens (primary N) is 1. The van der Waals surface area contributed by atoms with Crippen LogP contribution in [0.1, 0.15) is 37.4 Å². The van der Waals surface area contributed by atoms with Gasteiger partial charge in [-0.2, -0.15) is 4.98 Å². The molecule has 2 aromatic rings. The molecule has 20 heavy (non-hydrogen) atoms. The Morgan fingerprint density at radius 3 is 2.85 bits per heavy atom. The van der Waals surface area contributed by atoms with Gasteiger partial charge in [-0.3, -0.25) is 0 Å². The Hall–Kier alpha value is -1.91. The number of anilines is 1. The smallest absolute Gasteiger partial charge is 0.263 e. The first-order chi connectivity index (χ1) is 9.72. The van der Waals surface area contributed by atoms with Crippen LogP contribution in [-0.2, 0) is 0 Å². The van der Waals surface area contributed by atoms with Crippen LogP contribution in [0.4, 0.5) is 10.1 Å². The van der Waals surface area contributed by atoms with Gasteiger partial charge in [-0.25, -0.2) is 4.39 Å². The van der Waals surface area contributed by atoms with E-state index in [1.165, 1.54) is 25.3 Å². The number of halogens is 1. The Morgan fingerprint density at radius 1 is 1.25 bits per heavy atom. The summed E-state index contributed by atoms with van der Waals surface area (Å²) in [6.07, 6.45) is 4.99. The van der Waals surface area contributed by atoms with Gasteiger partial charge in [0.2, 0.25) is 0 Å². The number of hydrogen-bond acceptors (Lipinski definition) is 4. The third-order valence-electron chi connectivity index (χ3n) is 4.77. The summed E-state index contributed by atoms with van der Waals surface area (Å²) in [7, 11) is 0. The summed E-state index contributed by atoms with van der Waals surface area (Å²) in [4.78, 5) is 4.41. The first-order valence-corrected chi connectivity index (χ1v) is 7.10. The van der Waals surface area contributed by atoms with Crippen molar-refractivity contribution in [3.05, 3.63) is 29.8 Å². The molecule has 2 aliphatic carbocycles. The van der Waals surface area contributed by atoms with Gasteiger partial charge in [0, 0.05) is 11.6 Å². The van der Waals surface area contributed by atoms with Crippen LogP contribution in [0.25, 0.3) is 11.5 Å². The van der Waals surface area contributed by atoms with E-state index in [1.807, 2.05) is 0 Å². The molecule has 2 fully saturated rings. The molecular formula is C15H16FN3O. The highest BCUT2D eigenvalue weighted by Crippen LogP contribution is 2.52. The molecule has 0 radical (unpaired) electrons. The predicted octanol–water partition coefficient (Wildman–Crippen LogP) is 3.36. The fourth-order valence-electron chi connectivity index (χ4n) is 3.81. The molecule has 4 nitrogen and oxygen atoms in total. The van der Waals surface area contributed by atoms with Crippen molar-refractivity contribution in [2.45, 2.75) is 31.6 Å². The van der Waals surface area contributed by atoms with Crippen molar-refractivity contribution in [1.29, 1.82) is 0 Å². The second-order valence-corrected chi connectivity index (χ2v) is 5.94. The van der Waals surface area contributed by atoms with E-state index in [9.17, 15) is 4.39 Å². The Labute approximate surface area is 116 Å². The van der Waals surface area contributed by atoms with Crippen molar-refractivity contribution < 1.29 is 8.91 Å². The maximum absolute atomic E-state index is 13.9. The van der Waals surface area contributed by atoms with E-state index in [0.29, 0.717) is 17.5 Å². The molecule has 4 rings (SSSR count). The molecule has 0 saturated heterocycles. The van der Waals surface area contributed by atoms with Crippen LogP contribution in [0, 0.1) is 17.7 Å². The van der Waals surface area contributed by atoms with E-state index in [-0.39, 0.29) is 11.5 Å². The van der Waals surface area contributed by atoms with E-state index >= 15 is 0 Å². The number of nitrogen functional groups attached to an aromatic ring is 1. The molecule has 2 bridgehead atoms. The summed E-state index contributed by atoms with van der Waals surface area (Å²) in [6.45, 7) is 0. The zero-order valence-electron chi connectivity index (χ0n) is 11.1. The van der Waals surface area contributed by atoms with Gasteiger partial charge in [-0.15, -0.1) is 0 Å². The molecule has 0 aliphatic heterocycles. The van der Waals surface area contributed by atoms with Crippen LogP contribution < -0.4 is 5.73 Å². The van der Waals surface area contributed by atoms with E-state index < -0.39 is 5.82 Å². The van der Waals surface area contributed by atoms with Gasteiger partial charge >= 0.3 is 0 Å². The number of rotatable bonds is 2. The normalized spacial score (nSPS) is 28.1. The largest absolute Gasteiger partial charge is 0.398 e. The minimum atomic E-state index is -0.423. The van der Waals surface area contributed by atoms with Gasteiger partial charge in [-0.1, -0.05) is 17.6 Å². The summed E-state index contributed by atoms with van der Waals surface area (Å²) < 4.78 is 19.1. The Morgan fingerprint density at radius 2 is 2.15 bits per heavy atom. The Kier molecular flexibility index (Phi) is 2.55. The lowest BCUT2D eigenvalue weighted by Crippen LogP contribution is -2.10. The monoisotopic (exact) mass is 273 g/mol. The Balaban J connectivity index is 1.69. The standard InChI is InChI=1S/C15H16FN3O/c16-11-2-1-3-12(17)13(11)15-18-14(19-20-15)10-7-8-4-5-9(10)6-8/h1-3,8-10H,4-7,17H2. The quantitative estimate of drug-likeness (QED) is 0.852. The molecule has 3 atom stereocenters. The highest BCUT2D eigenvalue weighted by molar-refractivity contribution is 5.70. The van der Waals surface area contributed by atoms with Crippen LogP contribution in [0.15, 0.2) is 22.7 Å². The molecule has 2 N–H and O–H groups in total. The fourth-order valence-corrected chi connectivity index (χ4v) is 3.81. The molecule has 5 heteroatoms. The van der Waals surface area contributed by atoms with Crippen LogP contribution >= 0.6 is 0 Å². The third kappa shape index (κ3) is 1.72. The van der Waals surface area contributed by atoms with E-state index in [1.54, 1.807) is 12.1 Å². The van der Waals surface area contributed by atoms with Gasteiger partial charge in [0.05, 0.1) is 5.56 Å². The molecule has 1 heterocycles. The number of aromatic nitrogens is 2. The zero-order valence-corrected chi connectivity index (χ0v) is 11.1. The number of fused-ring (bicyclic) bond motifs is 2. The lowest BCUT2D eigenvalue weighted by molar-refractivity contribution is 0.372. The molecule has 2 aliphatic rings. The lowest BCUT2D eigenvalue weighted by atomic mass is 9.88. The zero-order chi connectivity index (χ0) is 13.7. The second kappa shape index (κ2) is 4.30. The van der Waals surface area contributed by atoms with Crippen LogP contribution in [0.3, 0.4) is 0 Å². The van der Waals surface area contributed by atoms with Gasteiger partial charge < -0.3 is 10.3 Å². The predicted molar refractivity (Wildman–Crippen MR) is 72.3 cm³/mol. The second-order valence-electron chi connectivity index (χ2n) is 5.94. The minimum Gasteiger partial charge on any atom is -0.398 e.